The number of aromatic nitrogens is 2. The van der Waals surface area contributed by atoms with E-state index in [0.717, 1.165) is 12.1 Å². The topological polar surface area (TPSA) is 107 Å². The van der Waals surface area contributed by atoms with E-state index < -0.39 is 11.7 Å². The second-order valence-corrected chi connectivity index (χ2v) is 5.12. The molecule has 2 aromatic heterocycles. The predicted octanol–water partition coefficient (Wildman–Crippen LogP) is 3.80. The third-order valence-corrected chi connectivity index (χ3v) is 3.40. The van der Waals surface area contributed by atoms with Crippen molar-refractivity contribution in [1.29, 1.82) is 5.41 Å². The number of amidine groups is 1. The van der Waals surface area contributed by atoms with E-state index in [1.54, 1.807) is 17.6 Å². The summed E-state index contributed by atoms with van der Waals surface area (Å²) in [5, 5.41) is 19.2. The zero-order chi connectivity index (χ0) is 18.7. The Bertz CT molecular complexity index is 922. The lowest BCUT2D eigenvalue weighted by Gasteiger charge is -2.08. The van der Waals surface area contributed by atoms with Crippen LogP contribution < -0.4 is 10.8 Å². The molecule has 3 rings (SSSR count). The van der Waals surface area contributed by atoms with E-state index in [2.05, 4.69) is 15.3 Å². The molecule has 0 atom stereocenters. The molecule has 10 heteroatoms. The van der Waals surface area contributed by atoms with Gasteiger partial charge in [-0.1, -0.05) is 12.1 Å². The molecule has 1 aromatic carbocycles. The summed E-state index contributed by atoms with van der Waals surface area (Å²) in [6.45, 7) is 0. The Morgan fingerprint density at radius 2 is 1.85 bits per heavy atom. The maximum absolute atomic E-state index is 12.6. The van der Waals surface area contributed by atoms with Crippen LogP contribution in [0.3, 0.4) is 0 Å². The molecule has 134 valence electrons. The van der Waals surface area contributed by atoms with Crippen LogP contribution in [0.2, 0.25) is 0 Å². The van der Waals surface area contributed by atoms with E-state index in [1.807, 2.05) is 0 Å². The summed E-state index contributed by atoms with van der Waals surface area (Å²) in [6.07, 6.45) is -1.61. The van der Waals surface area contributed by atoms with Gasteiger partial charge >= 0.3 is 6.18 Å². The zero-order valence-electron chi connectivity index (χ0n) is 13.0. The van der Waals surface area contributed by atoms with Gasteiger partial charge in [-0.25, -0.2) is 4.98 Å². The minimum atomic E-state index is -4.41. The number of hydrogen-bond donors (Lipinski definition) is 4. The van der Waals surface area contributed by atoms with Gasteiger partial charge in [0, 0.05) is 11.8 Å². The van der Waals surface area contributed by atoms with Gasteiger partial charge in [0.2, 0.25) is 0 Å². The lowest BCUT2D eigenvalue weighted by Crippen LogP contribution is -2.21. The van der Waals surface area contributed by atoms with Crippen molar-refractivity contribution < 1.29 is 22.8 Å². The molecule has 3 aromatic rings. The lowest BCUT2D eigenvalue weighted by atomic mass is 10.1. The van der Waals surface area contributed by atoms with Crippen molar-refractivity contribution in [2.75, 3.05) is 5.32 Å². The van der Waals surface area contributed by atoms with Crippen molar-refractivity contribution in [1.82, 2.24) is 15.4 Å². The highest BCUT2D eigenvalue weighted by Crippen LogP contribution is 2.31. The highest BCUT2D eigenvalue weighted by Gasteiger charge is 2.30. The Labute approximate surface area is 145 Å². The Morgan fingerprint density at radius 3 is 2.50 bits per heavy atom. The Hall–Kier alpha value is -3.40. The molecule has 0 amide bonds. The number of hydroxylamine groups is 1. The Balaban J connectivity index is 1.82. The second-order valence-electron chi connectivity index (χ2n) is 5.12. The van der Waals surface area contributed by atoms with Gasteiger partial charge in [0.05, 0.1) is 17.4 Å². The van der Waals surface area contributed by atoms with Crippen molar-refractivity contribution in [3.05, 3.63) is 60.0 Å². The van der Waals surface area contributed by atoms with Gasteiger partial charge in [-0.05, 0) is 24.3 Å². The van der Waals surface area contributed by atoms with Crippen LogP contribution in [0.4, 0.5) is 24.9 Å². The molecular weight excluding hydrogens is 351 g/mol. The molecule has 0 bridgehead atoms. The van der Waals surface area contributed by atoms with E-state index in [1.165, 1.54) is 24.5 Å². The monoisotopic (exact) mass is 363 g/mol. The van der Waals surface area contributed by atoms with Crippen molar-refractivity contribution in [3.8, 4) is 11.3 Å². The highest BCUT2D eigenvalue weighted by molar-refractivity contribution is 5.99. The van der Waals surface area contributed by atoms with Crippen molar-refractivity contribution >= 4 is 17.5 Å². The third kappa shape index (κ3) is 3.64. The molecule has 0 fully saturated rings. The summed E-state index contributed by atoms with van der Waals surface area (Å²) in [5.74, 6) is -0.0651. The van der Waals surface area contributed by atoms with Crippen molar-refractivity contribution in [3.63, 3.8) is 0 Å². The maximum Gasteiger partial charge on any atom is 0.416 e. The number of oxazole rings is 1. The Kier molecular flexibility index (Phi) is 4.59. The van der Waals surface area contributed by atoms with Crippen molar-refractivity contribution in [2.24, 2.45) is 0 Å². The van der Waals surface area contributed by atoms with Crippen LogP contribution in [0.25, 0.3) is 11.3 Å². The molecule has 0 spiro atoms. The molecule has 4 N–H and O–H groups in total. The summed E-state index contributed by atoms with van der Waals surface area (Å²) in [6, 6.07) is 7.74. The summed E-state index contributed by atoms with van der Waals surface area (Å²) < 4.78 is 43.3. The minimum absolute atomic E-state index is 0.0555. The van der Waals surface area contributed by atoms with Crippen LogP contribution in [-0.4, -0.2) is 21.0 Å². The van der Waals surface area contributed by atoms with Gasteiger partial charge in [0.15, 0.2) is 11.6 Å². The molecule has 0 aliphatic heterocycles. The fourth-order valence-electron chi connectivity index (χ4n) is 2.16. The number of nitrogens with zero attached hydrogens (tertiary/aromatic N) is 2. The molecule has 0 radical (unpaired) electrons. The predicted molar refractivity (Wildman–Crippen MR) is 86.2 cm³/mol. The van der Waals surface area contributed by atoms with Crippen LogP contribution in [0.15, 0.2) is 53.2 Å². The van der Waals surface area contributed by atoms with Gasteiger partial charge in [-0.3, -0.25) is 21.1 Å². The molecule has 0 saturated carbocycles. The zero-order valence-corrected chi connectivity index (χ0v) is 13.0. The number of halogens is 3. The molecule has 0 unspecified atom stereocenters. The van der Waals surface area contributed by atoms with Crippen LogP contribution in [0, 0.1) is 5.41 Å². The number of pyridine rings is 1. The largest absolute Gasteiger partial charge is 0.423 e. The first kappa shape index (κ1) is 17.4. The van der Waals surface area contributed by atoms with E-state index in [-0.39, 0.29) is 23.3 Å². The summed E-state index contributed by atoms with van der Waals surface area (Å²) in [5.41, 5.74) is 1.84. The van der Waals surface area contributed by atoms with Crippen LogP contribution in [-0.2, 0) is 6.18 Å². The first-order chi connectivity index (χ1) is 12.4. The second kappa shape index (κ2) is 6.84. The van der Waals surface area contributed by atoms with Gasteiger partial charge in [0.25, 0.3) is 6.01 Å². The molecule has 7 nitrogen and oxygen atoms in total. The smallest absolute Gasteiger partial charge is 0.416 e. The van der Waals surface area contributed by atoms with Gasteiger partial charge in [-0.15, -0.1) is 0 Å². The Morgan fingerprint density at radius 1 is 1.12 bits per heavy atom. The number of benzene rings is 1. The van der Waals surface area contributed by atoms with Crippen LogP contribution in [0.5, 0.6) is 0 Å². The van der Waals surface area contributed by atoms with Gasteiger partial charge in [-0.2, -0.15) is 13.2 Å². The van der Waals surface area contributed by atoms with Crippen molar-refractivity contribution in [2.45, 2.75) is 6.18 Å². The first-order valence-electron chi connectivity index (χ1n) is 7.23. The van der Waals surface area contributed by atoms with E-state index >= 15 is 0 Å². The molecule has 0 aliphatic rings. The van der Waals surface area contributed by atoms with E-state index in [9.17, 15) is 13.2 Å². The van der Waals surface area contributed by atoms with E-state index in [0.29, 0.717) is 11.3 Å². The van der Waals surface area contributed by atoms with E-state index in [4.69, 9.17) is 15.0 Å². The first-order valence-corrected chi connectivity index (χ1v) is 7.23. The minimum Gasteiger partial charge on any atom is -0.423 e. The fourth-order valence-corrected chi connectivity index (χ4v) is 2.16. The lowest BCUT2D eigenvalue weighted by molar-refractivity contribution is -0.137. The third-order valence-electron chi connectivity index (χ3n) is 3.40. The fraction of sp³-hybridized carbons (Fsp3) is 0.0625. The normalized spacial score (nSPS) is 11.2. The molecular formula is C16H12F3N5O2. The summed E-state index contributed by atoms with van der Waals surface area (Å²) in [4.78, 5) is 7.96. The summed E-state index contributed by atoms with van der Waals surface area (Å²) >= 11 is 0. The molecule has 26 heavy (non-hydrogen) atoms. The van der Waals surface area contributed by atoms with Gasteiger partial charge < -0.3 is 9.73 Å². The number of nitrogens with one attached hydrogen (secondary N) is 3. The molecule has 2 heterocycles. The average Bonchev–Trinajstić information content (AvgIpc) is 3.09. The quantitative estimate of drug-likeness (QED) is 0.319. The highest BCUT2D eigenvalue weighted by atomic mass is 19.4. The SMILES string of the molecule is N=C(NO)c1ncccc1Nc1ncc(-c2ccc(C(F)(F)F)cc2)o1. The number of hydrogen-bond acceptors (Lipinski definition) is 6. The molecule has 0 aliphatic carbocycles. The number of alkyl halides is 3. The van der Waals surface area contributed by atoms with Gasteiger partial charge in [0.1, 0.15) is 5.69 Å². The summed E-state index contributed by atoms with van der Waals surface area (Å²) in [7, 11) is 0. The average molecular weight is 363 g/mol. The number of rotatable bonds is 4. The standard InChI is InChI=1S/C16H12F3N5O2/c17-16(18,19)10-5-3-9(4-6-10)12-8-22-15(26-12)23-11-2-1-7-21-13(11)14(20)24-25/h1-8,25H,(H2,20,24)(H,22,23). The van der Waals surface area contributed by atoms with Crippen LogP contribution >= 0.6 is 0 Å². The molecule has 0 saturated heterocycles. The van der Waals surface area contributed by atoms with Crippen LogP contribution in [0.1, 0.15) is 11.3 Å². The maximum atomic E-state index is 12.6. The number of anilines is 2.